The minimum atomic E-state index is 0.994. The monoisotopic (exact) mass is 573 g/mol. The van der Waals surface area contributed by atoms with Crippen LogP contribution in [0.1, 0.15) is 166 Å². The van der Waals surface area contributed by atoms with Gasteiger partial charge in [0.2, 0.25) is 0 Å². The summed E-state index contributed by atoms with van der Waals surface area (Å²) in [6, 6.07) is 13.6. The second-order valence-electron chi connectivity index (χ2n) is 12.3. The van der Waals surface area contributed by atoms with Gasteiger partial charge in [0.05, 0.1) is 17.1 Å². The van der Waals surface area contributed by atoms with E-state index in [4.69, 9.17) is 9.98 Å². The summed E-state index contributed by atoms with van der Waals surface area (Å²) in [4.78, 5) is 10.1. The van der Waals surface area contributed by atoms with Gasteiger partial charge in [0.1, 0.15) is 0 Å². The molecule has 234 valence electrons. The first-order chi connectivity index (χ1) is 20.6. The first-order valence-electron chi connectivity index (χ1n) is 18.0. The standard InChI is InChI=1S/C40H64N2/c1-6-11-12-13-14-15-16-17-18-19-20-21-22-23-24-25-26-38(42-40-31-36(9-4)28-37(10-5)32-40)33-41-39-29-34(7-2)27-35(8-3)30-39/h27-33H,6-26H2,1-5H3. The van der Waals surface area contributed by atoms with Crippen molar-refractivity contribution < 1.29 is 0 Å². The predicted molar refractivity (Wildman–Crippen MR) is 190 cm³/mol. The predicted octanol–water partition coefficient (Wildman–Crippen LogP) is 13.1. The minimum absolute atomic E-state index is 0.994. The highest BCUT2D eigenvalue weighted by atomic mass is 14.8. The Balaban J connectivity index is 1.82. The molecule has 0 aliphatic rings. The van der Waals surface area contributed by atoms with Gasteiger partial charge in [-0.05, 0) is 85.0 Å². The van der Waals surface area contributed by atoms with E-state index in [2.05, 4.69) is 71.0 Å². The van der Waals surface area contributed by atoms with Crippen molar-refractivity contribution in [2.45, 2.75) is 169 Å². The summed E-state index contributed by atoms with van der Waals surface area (Å²) in [5, 5.41) is 0. The number of unbranched alkanes of at least 4 members (excludes halogenated alkanes) is 15. The van der Waals surface area contributed by atoms with E-state index in [0.29, 0.717) is 0 Å². The van der Waals surface area contributed by atoms with Crippen LogP contribution < -0.4 is 0 Å². The van der Waals surface area contributed by atoms with Crippen LogP contribution in [0.5, 0.6) is 0 Å². The van der Waals surface area contributed by atoms with E-state index in [-0.39, 0.29) is 0 Å². The van der Waals surface area contributed by atoms with Crippen molar-refractivity contribution >= 4 is 23.3 Å². The third-order valence-corrected chi connectivity index (χ3v) is 8.63. The molecule has 0 aliphatic heterocycles. The Bertz CT molecular complexity index is 987. The topological polar surface area (TPSA) is 24.7 Å². The van der Waals surface area contributed by atoms with E-state index >= 15 is 0 Å². The Morgan fingerprint density at radius 2 is 0.810 bits per heavy atom. The summed E-state index contributed by atoms with van der Waals surface area (Å²) >= 11 is 0. The lowest BCUT2D eigenvalue weighted by Gasteiger charge is -2.08. The Morgan fingerprint density at radius 3 is 1.19 bits per heavy atom. The molecule has 42 heavy (non-hydrogen) atoms. The maximum Gasteiger partial charge on any atom is 0.0639 e. The van der Waals surface area contributed by atoms with Crippen molar-refractivity contribution in [2.24, 2.45) is 9.98 Å². The number of hydrogen-bond donors (Lipinski definition) is 0. The molecule has 0 amide bonds. The number of benzene rings is 2. The third-order valence-electron chi connectivity index (χ3n) is 8.63. The van der Waals surface area contributed by atoms with E-state index in [0.717, 1.165) is 49.2 Å². The van der Waals surface area contributed by atoms with Crippen molar-refractivity contribution in [3.8, 4) is 0 Å². The summed E-state index contributed by atoms with van der Waals surface area (Å²) in [7, 11) is 0. The molecule has 2 aromatic carbocycles. The Hall–Kier alpha value is -2.22. The smallest absolute Gasteiger partial charge is 0.0639 e. The molecule has 0 aromatic heterocycles. The van der Waals surface area contributed by atoms with Gasteiger partial charge < -0.3 is 0 Å². The van der Waals surface area contributed by atoms with Gasteiger partial charge in [0.15, 0.2) is 0 Å². The summed E-state index contributed by atoms with van der Waals surface area (Å²) in [5.41, 5.74) is 8.71. The fourth-order valence-electron chi connectivity index (χ4n) is 5.76. The summed E-state index contributed by atoms with van der Waals surface area (Å²) in [5.74, 6) is 0. The third kappa shape index (κ3) is 15.9. The van der Waals surface area contributed by atoms with Crippen LogP contribution in [0.25, 0.3) is 0 Å². The van der Waals surface area contributed by atoms with Crippen molar-refractivity contribution in [1.82, 2.24) is 0 Å². The Labute approximate surface area is 260 Å². The molecule has 0 radical (unpaired) electrons. The fraction of sp³-hybridized carbons (Fsp3) is 0.650. The zero-order valence-corrected chi connectivity index (χ0v) is 28.3. The van der Waals surface area contributed by atoms with Crippen LogP contribution in [-0.4, -0.2) is 11.9 Å². The molecule has 2 nitrogen and oxygen atoms in total. The highest BCUT2D eigenvalue weighted by molar-refractivity contribution is 6.31. The molecule has 0 atom stereocenters. The van der Waals surface area contributed by atoms with Crippen molar-refractivity contribution in [3.63, 3.8) is 0 Å². The zero-order chi connectivity index (χ0) is 30.3. The maximum atomic E-state index is 5.15. The lowest BCUT2D eigenvalue weighted by Crippen LogP contribution is -2.00. The Kier molecular flexibility index (Phi) is 19.9. The van der Waals surface area contributed by atoms with E-state index in [1.165, 1.54) is 125 Å². The molecular weight excluding hydrogens is 508 g/mol. The normalized spacial score (nSPS) is 12.1. The van der Waals surface area contributed by atoms with Gasteiger partial charge in [-0.2, -0.15) is 0 Å². The van der Waals surface area contributed by atoms with Crippen LogP contribution in [-0.2, 0) is 25.7 Å². The van der Waals surface area contributed by atoms with Crippen LogP contribution in [0.2, 0.25) is 0 Å². The number of rotatable bonds is 24. The van der Waals surface area contributed by atoms with Gasteiger partial charge in [-0.1, -0.05) is 143 Å². The molecule has 0 saturated heterocycles. The summed E-state index contributed by atoms with van der Waals surface area (Å²) in [6.45, 7) is 11.2. The number of aryl methyl sites for hydroxylation is 4. The molecular formula is C40H64N2. The highest BCUT2D eigenvalue weighted by Crippen LogP contribution is 2.22. The molecule has 0 aliphatic carbocycles. The molecule has 0 bridgehead atoms. The lowest BCUT2D eigenvalue weighted by molar-refractivity contribution is 0.530. The summed E-state index contributed by atoms with van der Waals surface area (Å²) < 4.78 is 0. The van der Waals surface area contributed by atoms with Crippen LogP contribution in [0.15, 0.2) is 46.4 Å². The van der Waals surface area contributed by atoms with E-state index in [1.54, 1.807) is 0 Å². The van der Waals surface area contributed by atoms with Gasteiger partial charge in [-0.25, -0.2) is 0 Å². The van der Waals surface area contributed by atoms with E-state index < -0.39 is 0 Å². The molecule has 2 aromatic rings. The largest absolute Gasteiger partial charge is 0.255 e. The van der Waals surface area contributed by atoms with Crippen LogP contribution in [0.3, 0.4) is 0 Å². The molecule has 0 fully saturated rings. The van der Waals surface area contributed by atoms with E-state index in [9.17, 15) is 0 Å². The van der Waals surface area contributed by atoms with Gasteiger partial charge in [0.25, 0.3) is 0 Å². The molecule has 0 saturated carbocycles. The average molecular weight is 573 g/mol. The van der Waals surface area contributed by atoms with Crippen molar-refractivity contribution in [3.05, 3.63) is 58.7 Å². The van der Waals surface area contributed by atoms with Gasteiger partial charge in [-0.3, -0.25) is 9.98 Å². The molecule has 0 unspecified atom stereocenters. The average Bonchev–Trinajstić information content (AvgIpc) is 3.02. The zero-order valence-electron chi connectivity index (χ0n) is 28.3. The number of aliphatic imine (C=N–C) groups is 2. The van der Waals surface area contributed by atoms with Gasteiger partial charge >= 0.3 is 0 Å². The molecule has 0 heterocycles. The first kappa shape index (κ1) is 36.0. The van der Waals surface area contributed by atoms with Crippen molar-refractivity contribution in [1.29, 1.82) is 0 Å². The maximum absolute atomic E-state index is 5.15. The fourth-order valence-corrected chi connectivity index (χ4v) is 5.76. The highest BCUT2D eigenvalue weighted by Gasteiger charge is 2.04. The number of nitrogens with zero attached hydrogens (tertiary/aromatic N) is 2. The van der Waals surface area contributed by atoms with Gasteiger partial charge in [-0.15, -0.1) is 0 Å². The molecule has 2 heteroatoms. The molecule has 2 rings (SSSR count). The van der Waals surface area contributed by atoms with Gasteiger partial charge in [0, 0.05) is 6.21 Å². The second-order valence-corrected chi connectivity index (χ2v) is 12.3. The van der Waals surface area contributed by atoms with E-state index in [1.807, 2.05) is 6.21 Å². The number of hydrogen-bond acceptors (Lipinski definition) is 2. The van der Waals surface area contributed by atoms with Crippen LogP contribution >= 0.6 is 0 Å². The summed E-state index contributed by atoms with van der Waals surface area (Å²) in [6.07, 6.45) is 29.5. The van der Waals surface area contributed by atoms with Crippen molar-refractivity contribution in [2.75, 3.05) is 0 Å². The first-order valence-corrected chi connectivity index (χ1v) is 18.0. The second kappa shape index (κ2) is 23.3. The lowest BCUT2D eigenvalue weighted by atomic mass is 10.0. The minimum Gasteiger partial charge on any atom is -0.255 e. The van der Waals surface area contributed by atoms with Crippen LogP contribution in [0.4, 0.5) is 11.4 Å². The van der Waals surface area contributed by atoms with Crippen LogP contribution in [0, 0.1) is 0 Å². The SMILES string of the molecule is CCCCCCCCCCCCCCCCCCC(C=Nc1cc(CC)cc(CC)c1)=Nc1cc(CC)cc(CC)c1. The quantitative estimate of drug-likeness (QED) is 0.0882. The molecule has 0 N–H and O–H groups in total. The Morgan fingerprint density at radius 1 is 0.452 bits per heavy atom. The molecule has 0 spiro atoms.